The van der Waals surface area contributed by atoms with Gasteiger partial charge in [0.15, 0.2) is 11.5 Å². The summed E-state index contributed by atoms with van der Waals surface area (Å²) >= 11 is 0. The molecule has 1 N–H and O–H groups in total. The van der Waals surface area contributed by atoms with E-state index in [9.17, 15) is 14.7 Å². The lowest BCUT2D eigenvalue weighted by atomic mass is 9.95. The van der Waals surface area contributed by atoms with Crippen LogP contribution >= 0.6 is 0 Å². The normalized spacial score (nSPS) is 16.8. The van der Waals surface area contributed by atoms with Crippen molar-refractivity contribution in [3.63, 3.8) is 0 Å². The highest BCUT2D eigenvalue weighted by atomic mass is 16.5. The summed E-state index contributed by atoms with van der Waals surface area (Å²) in [5, 5.41) is 11.2. The second-order valence-electron chi connectivity index (χ2n) is 8.10. The molecule has 2 aromatic carbocycles. The number of ketones is 1. The van der Waals surface area contributed by atoms with Crippen molar-refractivity contribution < 1.29 is 33.6 Å². The molecule has 36 heavy (non-hydrogen) atoms. The van der Waals surface area contributed by atoms with Gasteiger partial charge in [-0.2, -0.15) is 0 Å². The number of rotatable bonds is 13. The number of benzene rings is 2. The van der Waals surface area contributed by atoms with Gasteiger partial charge in [-0.3, -0.25) is 9.59 Å². The summed E-state index contributed by atoms with van der Waals surface area (Å²) in [6.45, 7) is 9.19. The van der Waals surface area contributed by atoms with Crippen LogP contribution in [0.15, 0.2) is 60.7 Å². The Morgan fingerprint density at radius 1 is 1.03 bits per heavy atom. The Labute approximate surface area is 211 Å². The van der Waals surface area contributed by atoms with E-state index in [2.05, 4.69) is 6.58 Å². The molecule has 8 heteroatoms. The van der Waals surface area contributed by atoms with Crippen molar-refractivity contribution in [1.29, 1.82) is 0 Å². The molecule has 0 radical (unpaired) electrons. The van der Waals surface area contributed by atoms with E-state index < -0.39 is 17.7 Å². The van der Waals surface area contributed by atoms with E-state index in [1.54, 1.807) is 48.5 Å². The fourth-order valence-corrected chi connectivity index (χ4v) is 3.96. The van der Waals surface area contributed by atoms with E-state index in [0.29, 0.717) is 48.2 Å². The first-order chi connectivity index (χ1) is 17.5. The predicted molar refractivity (Wildman–Crippen MR) is 136 cm³/mol. The smallest absolute Gasteiger partial charge is 0.295 e. The molecule has 1 amide bonds. The van der Waals surface area contributed by atoms with Crippen LogP contribution in [0.4, 0.5) is 0 Å². The van der Waals surface area contributed by atoms with E-state index in [4.69, 9.17) is 18.9 Å². The van der Waals surface area contributed by atoms with Crippen LogP contribution in [0, 0.1) is 0 Å². The molecule has 1 atom stereocenters. The van der Waals surface area contributed by atoms with Crippen LogP contribution in [0.3, 0.4) is 0 Å². The SMILES string of the molecule is C=CCOc1ccc(C2/C(=C(/O)c3ccc(OCCC)cc3)C(=O)C(=O)N2CCOC)cc1OCC. The van der Waals surface area contributed by atoms with Crippen molar-refractivity contribution in [3.8, 4) is 17.2 Å². The highest BCUT2D eigenvalue weighted by Crippen LogP contribution is 2.42. The topological polar surface area (TPSA) is 94.5 Å². The molecular formula is C28H33NO7. The molecule has 1 unspecified atom stereocenters. The third-order valence-electron chi connectivity index (χ3n) is 5.62. The molecule has 0 spiro atoms. The summed E-state index contributed by atoms with van der Waals surface area (Å²) in [4.78, 5) is 27.6. The number of Topliss-reactive ketones (excluding diaryl/α,β-unsaturated/α-hetero) is 1. The Hall–Kier alpha value is -3.78. The Kier molecular flexibility index (Phi) is 9.53. The van der Waals surface area contributed by atoms with Gasteiger partial charge in [0.05, 0.1) is 31.4 Å². The molecule has 0 saturated carbocycles. The molecule has 3 rings (SSSR count). The Morgan fingerprint density at radius 2 is 1.78 bits per heavy atom. The van der Waals surface area contributed by atoms with Crippen molar-refractivity contribution >= 4 is 17.4 Å². The molecule has 192 valence electrons. The number of ether oxygens (including phenoxy) is 4. The van der Waals surface area contributed by atoms with Gasteiger partial charge >= 0.3 is 0 Å². The Bertz CT molecular complexity index is 1110. The average molecular weight is 496 g/mol. The van der Waals surface area contributed by atoms with Gasteiger partial charge in [-0.15, -0.1) is 0 Å². The third-order valence-corrected chi connectivity index (χ3v) is 5.62. The van der Waals surface area contributed by atoms with Crippen molar-refractivity contribution in [3.05, 3.63) is 71.8 Å². The predicted octanol–water partition coefficient (Wildman–Crippen LogP) is 4.51. The summed E-state index contributed by atoms with van der Waals surface area (Å²) < 4.78 is 22.2. The quantitative estimate of drug-likeness (QED) is 0.189. The highest BCUT2D eigenvalue weighted by molar-refractivity contribution is 6.46. The van der Waals surface area contributed by atoms with Crippen LogP contribution < -0.4 is 14.2 Å². The number of carbonyl (C=O) groups is 2. The minimum Gasteiger partial charge on any atom is -0.507 e. The maximum Gasteiger partial charge on any atom is 0.295 e. The average Bonchev–Trinajstić information content (AvgIpc) is 3.15. The van der Waals surface area contributed by atoms with Crippen molar-refractivity contribution in [1.82, 2.24) is 4.90 Å². The number of hydrogen-bond donors (Lipinski definition) is 1. The fraction of sp³-hybridized carbons (Fsp3) is 0.357. The van der Waals surface area contributed by atoms with Gasteiger partial charge in [-0.05, 0) is 55.3 Å². The Balaban J connectivity index is 2.10. The zero-order valence-electron chi connectivity index (χ0n) is 21.0. The number of hydrogen-bond acceptors (Lipinski definition) is 7. The van der Waals surface area contributed by atoms with Crippen LogP contribution in [0.2, 0.25) is 0 Å². The molecule has 8 nitrogen and oxygen atoms in total. The lowest BCUT2D eigenvalue weighted by Gasteiger charge is -2.26. The zero-order valence-corrected chi connectivity index (χ0v) is 21.0. The molecule has 0 bridgehead atoms. The summed E-state index contributed by atoms with van der Waals surface area (Å²) in [7, 11) is 1.52. The van der Waals surface area contributed by atoms with E-state index in [1.165, 1.54) is 12.0 Å². The Morgan fingerprint density at radius 3 is 2.42 bits per heavy atom. The van der Waals surface area contributed by atoms with Gasteiger partial charge in [0.25, 0.3) is 11.7 Å². The number of aliphatic hydroxyl groups is 1. The van der Waals surface area contributed by atoms with E-state index in [1.807, 2.05) is 13.8 Å². The first-order valence-corrected chi connectivity index (χ1v) is 12.0. The monoisotopic (exact) mass is 495 g/mol. The van der Waals surface area contributed by atoms with E-state index >= 15 is 0 Å². The number of likely N-dealkylation sites (tertiary alicyclic amines) is 1. The van der Waals surface area contributed by atoms with Crippen LogP contribution in [-0.4, -0.2) is 61.8 Å². The van der Waals surface area contributed by atoms with Gasteiger partial charge in [-0.1, -0.05) is 25.6 Å². The lowest BCUT2D eigenvalue weighted by Crippen LogP contribution is -2.32. The molecule has 2 aromatic rings. The van der Waals surface area contributed by atoms with Crippen LogP contribution in [-0.2, 0) is 14.3 Å². The van der Waals surface area contributed by atoms with Crippen LogP contribution in [0.25, 0.3) is 5.76 Å². The number of aliphatic hydroxyl groups excluding tert-OH is 1. The van der Waals surface area contributed by atoms with Gasteiger partial charge < -0.3 is 29.0 Å². The van der Waals surface area contributed by atoms with E-state index in [0.717, 1.165) is 6.42 Å². The minimum atomic E-state index is -0.830. The maximum absolute atomic E-state index is 13.2. The van der Waals surface area contributed by atoms with Gasteiger partial charge in [0, 0.05) is 19.2 Å². The molecule has 1 fully saturated rings. The molecule has 1 aliphatic heterocycles. The van der Waals surface area contributed by atoms with Crippen molar-refractivity contribution in [2.24, 2.45) is 0 Å². The van der Waals surface area contributed by atoms with Crippen molar-refractivity contribution in [2.75, 3.05) is 40.1 Å². The molecule has 0 aromatic heterocycles. The fourth-order valence-electron chi connectivity index (χ4n) is 3.96. The summed E-state index contributed by atoms with van der Waals surface area (Å²) in [5.74, 6) is -0.0906. The number of carbonyl (C=O) groups excluding carboxylic acids is 2. The zero-order chi connectivity index (χ0) is 26.1. The molecule has 1 heterocycles. The van der Waals surface area contributed by atoms with E-state index in [-0.39, 0.29) is 24.5 Å². The van der Waals surface area contributed by atoms with Crippen molar-refractivity contribution in [2.45, 2.75) is 26.3 Å². The molecule has 1 aliphatic rings. The minimum absolute atomic E-state index is 0.000498. The number of methoxy groups -OCH3 is 1. The largest absolute Gasteiger partial charge is 0.507 e. The van der Waals surface area contributed by atoms with Gasteiger partial charge in [-0.25, -0.2) is 0 Å². The summed E-state index contributed by atoms with van der Waals surface area (Å²) in [5.41, 5.74) is 1.01. The van der Waals surface area contributed by atoms with Crippen LogP contribution in [0.5, 0.6) is 17.2 Å². The second kappa shape index (κ2) is 12.8. The van der Waals surface area contributed by atoms with Gasteiger partial charge in [0.1, 0.15) is 18.1 Å². The number of amides is 1. The highest BCUT2D eigenvalue weighted by Gasteiger charge is 2.46. The van der Waals surface area contributed by atoms with Gasteiger partial charge in [0.2, 0.25) is 0 Å². The standard InChI is InChI=1S/C28H33NO7/c1-5-15-35-21-11-8-19(9-12-21)26(30)24-25(29(14-17-33-4)28(32)27(24)31)20-10-13-22(36-16-6-2)23(18-20)34-7-3/h6,8-13,18,25,30H,2,5,7,14-17H2,1,3-4H3/b26-24-. The molecular weight excluding hydrogens is 462 g/mol. The second-order valence-corrected chi connectivity index (χ2v) is 8.10. The number of nitrogens with zero attached hydrogens (tertiary/aromatic N) is 1. The van der Waals surface area contributed by atoms with Crippen LogP contribution in [0.1, 0.15) is 37.4 Å². The molecule has 0 aliphatic carbocycles. The summed E-state index contributed by atoms with van der Waals surface area (Å²) in [6, 6.07) is 11.2. The maximum atomic E-state index is 13.2. The summed E-state index contributed by atoms with van der Waals surface area (Å²) in [6.07, 6.45) is 2.50. The first-order valence-electron chi connectivity index (χ1n) is 12.0. The first kappa shape index (κ1) is 26.8. The molecule has 1 saturated heterocycles. The third kappa shape index (κ3) is 5.88. The lowest BCUT2D eigenvalue weighted by molar-refractivity contribution is -0.140.